The van der Waals surface area contributed by atoms with Gasteiger partial charge in [-0.05, 0) is 42.0 Å². The van der Waals surface area contributed by atoms with Crippen LogP contribution in [0.25, 0.3) is 0 Å². The number of rotatable bonds is 5. The number of amides is 2. The fraction of sp³-hybridized carbons (Fsp3) is 0.130. The molecule has 1 aliphatic rings. The van der Waals surface area contributed by atoms with Gasteiger partial charge in [0.05, 0.1) is 32.9 Å². The molecule has 1 saturated carbocycles. The van der Waals surface area contributed by atoms with E-state index in [2.05, 4.69) is 10.6 Å². The van der Waals surface area contributed by atoms with Crippen LogP contribution < -0.4 is 10.6 Å². The fourth-order valence-corrected chi connectivity index (χ4v) is 4.87. The molecule has 1 fully saturated rings. The Morgan fingerprint density at radius 2 is 1.49 bits per heavy atom. The first-order valence-electron chi connectivity index (χ1n) is 9.79. The van der Waals surface area contributed by atoms with Crippen molar-refractivity contribution in [2.45, 2.75) is 10.3 Å². The summed E-state index contributed by atoms with van der Waals surface area (Å²) in [6.07, 6.45) is 0. The Morgan fingerprint density at radius 1 is 0.800 bits per heavy atom. The third kappa shape index (κ3) is 4.93. The molecule has 182 valence electrons. The molecule has 1 aliphatic carbocycles. The van der Waals surface area contributed by atoms with Gasteiger partial charge in [0.2, 0.25) is 5.91 Å². The number of carbonyl (C=O) groups excluding carboxylic acids is 2. The first kappa shape index (κ1) is 25.6. The van der Waals surface area contributed by atoms with E-state index in [4.69, 9.17) is 46.4 Å². The molecule has 0 bridgehead atoms. The number of hydrogen-bond acceptors (Lipinski definition) is 2. The molecule has 0 aliphatic heterocycles. The first-order valence-corrected chi connectivity index (χ1v) is 11.3. The maximum absolute atomic E-state index is 15.2. The van der Waals surface area contributed by atoms with Crippen LogP contribution in [0.1, 0.15) is 21.8 Å². The average molecular weight is 566 g/mol. The molecule has 4 nitrogen and oxygen atoms in total. The van der Waals surface area contributed by atoms with Crippen LogP contribution in [0, 0.1) is 29.2 Å². The van der Waals surface area contributed by atoms with Crippen molar-refractivity contribution >= 4 is 69.6 Å². The van der Waals surface area contributed by atoms with Gasteiger partial charge in [-0.15, -0.1) is 23.2 Å². The molecule has 4 rings (SSSR count). The van der Waals surface area contributed by atoms with Crippen LogP contribution in [0.15, 0.2) is 48.5 Å². The Labute approximate surface area is 216 Å². The molecule has 3 aromatic rings. The van der Waals surface area contributed by atoms with Crippen molar-refractivity contribution in [1.82, 2.24) is 0 Å². The van der Waals surface area contributed by atoms with Crippen LogP contribution >= 0.6 is 46.4 Å². The standard InChI is InChI=1S/C23H12Cl4F4N2O2/c24-11-3-6-16(20(31)17(11)21(34)32-15-5-2-10(28)8-14(15)30)33-22(35)19-18(23(19,26)27)9-1-4-13(29)12(25)7-9/h1-8,18-19H,(H,32,34)(H,33,35)/t18-,19+/m0/s1. The van der Waals surface area contributed by atoms with E-state index in [0.29, 0.717) is 11.6 Å². The smallest absolute Gasteiger partial charge is 0.260 e. The van der Waals surface area contributed by atoms with Crippen molar-refractivity contribution in [3.8, 4) is 0 Å². The minimum absolute atomic E-state index is 0.185. The lowest BCUT2D eigenvalue weighted by Crippen LogP contribution is -2.20. The molecular formula is C23H12Cl4F4N2O2. The average Bonchev–Trinajstić information content (AvgIpc) is 3.36. The second kappa shape index (κ2) is 9.50. The van der Waals surface area contributed by atoms with Crippen LogP contribution in [0.4, 0.5) is 28.9 Å². The van der Waals surface area contributed by atoms with E-state index >= 15 is 4.39 Å². The van der Waals surface area contributed by atoms with E-state index in [-0.39, 0.29) is 10.0 Å². The number of nitrogens with one attached hydrogen (secondary N) is 2. The van der Waals surface area contributed by atoms with E-state index < -0.39 is 68.2 Å². The molecule has 2 amide bonds. The van der Waals surface area contributed by atoms with Crippen LogP contribution in [0.2, 0.25) is 10.0 Å². The minimum atomic E-state index is -1.57. The quantitative estimate of drug-likeness (QED) is 0.251. The predicted octanol–water partition coefficient (Wildman–Crippen LogP) is 7.33. The molecule has 0 aromatic heterocycles. The third-order valence-electron chi connectivity index (χ3n) is 5.39. The molecule has 2 atom stereocenters. The summed E-state index contributed by atoms with van der Waals surface area (Å²) in [4.78, 5) is 25.4. The van der Waals surface area contributed by atoms with Crippen LogP contribution in [-0.4, -0.2) is 16.1 Å². The Morgan fingerprint density at radius 3 is 2.14 bits per heavy atom. The number of benzene rings is 3. The van der Waals surface area contributed by atoms with Gasteiger partial charge in [0.1, 0.15) is 21.8 Å². The van der Waals surface area contributed by atoms with Crippen molar-refractivity contribution < 1.29 is 27.2 Å². The largest absolute Gasteiger partial charge is 0.323 e. The Bertz CT molecular complexity index is 1370. The molecule has 3 aromatic carbocycles. The van der Waals surface area contributed by atoms with Gasteiger partial charge in [0.15, 0.2) is 5.82 Å². The van der Waals surface area contributed by atoms with Crippen molar-refractivity contribution in [1.29, 1.82) is 0 Å². The van der Waals surface area contributed by atoms with Gasteiger partial charge in [0.25, 0.3) is 5.91 Å². The van der Waals surface area contributed by atoms with Crippen LogP contribution in [0.5, 0.6) is 0 Å². The van der Waals surface area contributed by atoms with E-state index in [0.717, 1.165) is 30.3 Å². The topological polar surface area (TPSA) is 58.2 Å². The van der Waals surface area contributed by atoms with E-state index in [9.17, 15) is 22.8 Å². The van der Waals surface area contributed by atoms with E-state index in [1.807, 2.05) is 0 Å². The van der Waals surface area contributed by atoms with Gasteiger partial charge in [-0.25, -0.2) is 17.6 Å². The highest BCUT2D eigenvalue weighted by Crippen LogP contribution is 2.65. The number of carbonyl (C=O) groups is 2. The van der Waals surface area contributed by atoms with Gasteiger partial charge in [-0.2, -0.15) is 0 Å². The Balaban J connectivity index is 1.56. The van der Waals surface area contributed by atoms with Gasteiger partial charge < -0.3 is 10.6 Å². The van der Waals surface area contributed by atoms with Crippen molar-refractivity contribution in [3.05, 3.63) is 93.0 Å². The summed E-state index contributed by atoms with van der Waals surface area (Å²) < 4.78 is 54.0. The highest BCUT2D eigenvalue weighted by atomic mass is 35.5. The van der Waals surface area contributed by atoms with Gasteiger partial charge in [-0.1, -0.05) is 29.3 Å². The summed E-state index contributed by atoms with van der Waals surface area (Å²) in [6, 6.07) is 8.41. The summed E-state index contributed by atoms with van der Waals surface area (Å²) in [5, 5.41) is 3.90. The first-order chi connectivity index (χ1) is 16.4. The van der Waals surface area contributed by atoms with Crippen molar-refractivity contribution in [2.24, 2.45) is 5.92 Å². The molecule has 0 heterocycles. The zero-order valence-corrected chi connectivity index (χ0v) is 20.1. The Hall–Kier alpha value is -2.52. The third-order valence-corrected chi connectivity index (χ3v) is 6.94. The normalized spacial score (nSPS) is 18.2. The summed E-state index contributed by atoms with van der Waals surface area (Å²) in [5.41, 5.74) is -1.11. The molecule has 0 saturated heterocycles. The zero-order valence-electron chi connectivity index (χ0n) is 17.1. The number of halogens is 8. The highest BCUT2D eigenvalue weighted by molar-refractivity contribution is 6.53. The number of alkyl halides is 2. The fourth-order valence-electron chi connectivity index (χ4n) is 3.62. The molecule has 35 heavy (non-hydrogen) atoms. The van der Waals surface area contributed by atoms with Crippen molar-refractivity contribution in [2.75, 3.05) is 10.6 Å². The second-order valence-electron chi connectivity index (χ2n) is 7.65. The SMILES string of the molecule is O=C(Nc1ccc(F)cc1F)c1c(Cl)ccc(NC(=O)[C@H]2[C@H](c3ccc(F)c(Cl)c3)C2(Cl)Cl)c1F. The summed E-state index contributed by atoms with van der Waals surface area (Å²) in [5.74, 6) is -7.55. The molecule has 0 unspecified atom stereocenters. The van der Waals surface area contributed by atoms with Gasteiger partial charge >= 0.3 is 0 Å². The van der Waals surface area contributed by atoms with E-state index in [1.54, 1.807) is 0 Å². The zero-order chi connectivity index (χ0) is 25.7. The molecule has 0 spiro atoms. The molecule has 0 radical (unpaired) electrons. The summed E-state index contributed by atoms with van der Waals surface area (Å²) in [6.45, 7) is 0. The Kier molecular flexibility index (Phi) is 6.94. The summed E-state index contributed by atoms with van der Waals surface area (Å²) in [7, 11) is 0. The lowest BCUT2D eigenvalue weighted by molar-refractivity contribution is -0.117. The van der Waals surface area contributed by atoms with Gasteiger partial charge in [0, 0.05) is 12.0 Å². The van der Waals surface area contributed by atoms with Crippen LogP contribution in [0.3, 0.4) is 0 Å². The maximum atomic E-state index is 15.2. The predicted molar refractivity (Wildman–Crippen MR) is 126 cm³/mol. The number of hydrogen-bond donors (Lipinski definition) is 2. The van der Waals surface area contributed by atoms with Crippen LogP contribution in [-0.2, 0) is 4.79 Å². The van der Waals surface area contributed by atoms with Gasteiger partial charge in [-0.3, -0.25) is 9.59 Å². The maximum Gasteiger partial charge on any atom is 0.260 e. The van der Waals surface area contributed by atoms with E-state index in [1.165, 1.54) is 12.1 Å². The molecule has 2 N–H and O–H groups in total. The lowest BCUT2D eigenvalue weighted by atomic mass is 10.1. The second-order valence-corrected chi connectivity index (χ2v) is 9.91. The summed E-state index contributed by atoms with van der Waals surface area (Å²) >= 11 is 24.3. The van der Waals surface area contributed by atoms with Crippen molar-refractivity contribution in [3.63, 3.8) is 0 Å². The molecular weight excluding hydrogens is 554 g/mol. The lowest BCUT2D eigenvalue weighted by Gasteiger charge is -2.12. The highest BCUT2D eigenvalue weighted by Gasteiger charge is 2.67. The number of anilines is 2. The monoisotopic (exact) mass is 564 g/mol. The molecule has 12 heteroatoms. The minimum Gasteiger partial charge on any atom is -0.323 e.